The lowest BCUT2D eigenvalue weighted by atomic mass is 9.97. The number of methoxy groups -OCH3 is 1. The SMILES string of the molecule is C#C[C@@H]1O[C@@H](OC)C=C[C@@H]1CC. The van der Waals surface area contributed by atoms with Crippen LogP contribution >= 0.6 is 0 Å². The second kappa shape index (κ2) is 4.30. The lowest BCUT2D eigenvalue weighted by molar-refractivity contribution is -0.127. The van der Waals surface area contributed by atoms with Crippen molar-refractivity contribution in [1.29, 1.82) is 0 Å². The van der Waals surface area contributed by atoms with Crippen LogP contribution in [0.5, 0.6) is 0 Å². The van der Waals surface area contributed by atoms with Crippen molar-refractivity contribution < 1.29 is 9.47 Å². The molecule has 1 heterocycles. The smallest absolute Gasteiger partial charge is 0.178 e. The first kappa shape index (κ1) is 9.31. The van der Waals surface area contributed by atoms with Gasteiger partial charge >= 0.3 is 0 Å². The molecule has 0 radical (unpaired) electrons. The Morgan fingerprint density at radius 2 is 2.33 bits per heavy atom. The van der Waals surface area contributed by atoms with Gasteiger partial charge in [-0.15, -0.1) is 6.42 Å². The van der Waals surface area contributed by atoms with E-state index in [0.29, 0.717) is 5.92 Å². The highest BCUT2D eigenvalue weighted by Gasteiger charge is 2.23. The molecule has 0 aliphatic carbocycles. The predicted octanol–water partition coefficient (Wildman–Crippen LogP) is 1.57. The van der Waals surface area contributed by atoms with Crippen LogP contribution in [0, 0.1) is 18.3 Å². The van der Waals surface area contributed by atoms with E-state index in [9.17, 15) is 0 Å². The molecule has 1 aliphatic rings. The maximum atomic E-state index is 5.44. The van der Waals surface area contributed by atoms with Gasteiger partial charge in [0, 0.05) is 13.0 Å². The maximum Gasteiger partial charge on any atom is 0.178 e. The van der Waals surface area contributed by atoms with Crippen molar-refractivity contribution in [3.63, 3.8) is 0 Å². The third-order valence-electron chi connectivity index (χ3n) is 2.05. The molecule has 0 fully saturated rings. The monoisotopic (exact) mass is 166 g/mol. The Morgan fingerprint density at radius 1 is 1.58 bits per heavy atom. The van der Waals surface area contributed by atoms with E-state index < -0.39 is 0 Å². The van der Waals surface area contributed by atoms with Crippen molar-refractivity contribution in [2.75, 3.05) is 7.11 Å². The largest absolute Gasteiger partial charge is 0.352 e. The number of rotatable bonds is 2. The fourth-order valence-corrected chi connectivity index (χ4v) is 1.27. The molecular formula is C10H14O2. The van der Waals surface area contributed by atoms with E-state index in [1.807, 2.05) is 6.08 Å². The molecule has 66 valence electrons. The van der Waals surface area contributed by atoms with Crippen LogP contribution in [-0.2, 0) is 9.47 Å². The normalized spacial score (nSPS) is 34.6. The highest BCUT2D eigenvalue weighted by molar-refractivity contribution is 5.09. The lowest BCUT2D eigenvalue weighted by Gasteiger charge is -2.27. The summed E-state index contributed by atoms with van der Waals surface area (Å²) in [5, 5.41) is 0. The first-order valence-corrected chi connectivity index (χ1v) is 4.14. The van der Waals surface area contributed by atoms with Gasteiger partial charge in [-0.05, 0) is 12.5 Å². The molecule has 0 amide bonds. The number of terminal acetylenes is 1. The summed E-state index contributed by atoms with van der Waals surface area (Å²) in [5.41, 5.74) is 0. The Kier molecular flexibility index (Phi) is 3.33. The highest BCUT2D eigenvalue weighted by Crippen LogP contribution is 2.21. The van der Waals surface area contributed by atoms with Crippen LogP contribution in [0.2, 0.25) is 0 Å². The van der Waals surface area contributed by atoms with Gasteiger partial charge in [-0.3, -0.25) is 0 Å². The predicted molar refractivity (Wildman–Crippen MR) is 47.4 cm³/mol. The van der Waals surface area contributed by atoms with Gasteiger partial charge in [-0.1, -0.05) is 18.9 Å². The number of hydrogen-bond acceptors (Lipinski definition) is 2. The van der Waals surface area contributed by atoms with Crippen LogP contribution in [0.25, 0.3) is 0 Å². The molecule has 0 saturated heterocycles. The van der Waals surface area contributed by atoms with Gasteiger partial charge < -0.3 is 9.47 Å². The highest BCUT2D eigenvalue weighted by atomic mass is 16.7. The summed E-state index contributed by atoms with van der Waals surface area (Å²) in [6.07, 6.45) is 9.90. The minimum absolute atomic E-state index is 0.134. The molecule has 0 unspecified atom stereocenters. The van der Waals surface area contributed by atoms with Gasteiger partial charge in [0.15, 0.2) is 6.29 Å². The Labute approximate surface area is 73.6 Å². The average Bonchev–Trinajstić information content (AvgIpc) is 2.16. The molecule has 0 aromatic carbocycles. The van der Waals surface area contributed by atoms with E-state index in [0.717, 1.165) is 6.42 Å². The van der Waals surface area contributed by atoms with Crippen molar-refractivity contribution in [2.45, 2.75) is 25.7 Å². The summed E-state index contributed by atoms with van der Waals surface area (Å²) in [6, 6.07) is 0. The van der Waals surface area contributed by atoms with Crippen molar-refractivity contribution in [2.24, 2.45) is 5.92 Å². The number of hydrogen-bond donors (Lipinski definition) is 0. The van der Waals surface area contributed by atoms with E-state index in [4.69, 9.17) is 15.9 Å². The quantitative estimate of drug-likeness (QED) is 0.458. The first-order valence-electron chi connectivity index (χ1n) is 4.14. The maximum absolute atomic E-state index is 5.44. The zero-order valence-electron chi connectivity index (χ0n) is 7.49. The van der Waals surface area contributed by atoms with E-state index in [-0.39, 0.29) is 12.4 Å². The minimum Gasteiger partial charge on any atom is -0.352 e. The molecule has 3 atom stereocenters. The standard InChI is InChI=1S/C10H14O2/c1-4-8-6-7-10(11-3)12-9(8)5-2/h2,6-10H,4H2,1,3H3/t8-,9-,10+/m0/s1. The fraction of sp³-hybridized carbons (Fsp3) is 0.600. The number of ether oxygens (including phenoxy) is 2. The fourth-order valence-electron chi connectivity index (χ4n) is 1.27. The molecule has 1 rings (SSSR count). The molecule has 2 heteroatoms. The van der Waals surface area contributed by atoms with Crippen LogP contribution < -0.4 is 0 Å². The van der Waals surface area contributed by atoms with Gasteiger partial charge in [0.25, 0.3) is 0 Å². The summed E-state index contributed by atoms with van der Waals surface area (Å²) in [7, 11) is 1.61. The molecule has 0 bridgehead atoms. The van der Waals surface area contributed by atoms with Gasteiger partial charge in [-0.2, -0.15) is 0 Å². The molecule has 0 N–H and O–H groups in total. The van der Waals surface area contributed by atoms with E-state index in [1.54, 1.807) is 7.11 Å². The van der Waals surface area contributed by atoms with Crippen molar-refractivity contribution in [3.05, 3.63) is 12.2 Å². The topological polar surface area (TPSA) is 18.5 Å². The van der Waals surface area contributed by atoms with Gasteiger partial charge in [0.05, 0.1) is 0 Å². The van der Waals surface area contributed by atoms with Crippen LogP contribution in [0.1, 0.15) is 13.3 Å². The van der Waals surface area contributed by atoms with Gasteiger partial charge in [0.2, 0.25) is 0 Å². The van der Waals surface area contributed by atoms with Crippen LogP contribution in [-0.4, -0.2) is 19.5 Å². The van der Waals surface area contributed by atoms with Crippen molar-refractivity contribution >= 4 is 0 Å². The Balaban J connectivity index is 2.64. The third-order valence-corrected chi connectivity index (χ3v) is 2.05. The molecular weight excluding hydrogens is 152 g/mol. The third kappa shape index (κ3) is 1.88. The zero-order valence-corrected chi connectivity index (χ0v) is 7.49. The molecule has 0 saturated carbocycles. The summed E-state index contributed by atoms with van der Waals surface area (Å²) >= 11 is 0. The average molecular weight is 166 g/mol. The Hall–Kier alpha value is -0.780. The molecule has 0 aromatic heterocycles. The summed E-state index contributed by atoms with van der Waals surface area (Å²) in [6.45, 7) is 2.09. The lowest BCUT2D eigenvalue weighted by Crippen LogP contribution is -2.30. The van der Waals surface area contributed by atoms with E-state index in [2.05, 4.69) is 18.9 Å². The van der Waals surface area contributed by atoms with Gasteiger partial charge in [-0.25, -0.2) is 0 Å². The zero-order chi connectivity index (χ0) is 8.97. The Bertz CT molecular complexity index is 202. The van der Waals surface area contributed by atoms with Crippen LogP contribution in [0.15, 0.2) is 12.2 Å². The molecule has 1 aliphatic heterocycles. The van der Waals surface area contributed by atoms with Crippen LogP contribution in [0.4, 0.5) is 0 Å². The summed E-state index contributed by atoms with van der Waals surface area (Å²) in [5.74, 6) is 2.95. The molecule has 0 aromatic rings. The van der Waals surface area contributed by atoms with E-state index >= 15 is 0 Å². The van der Waals surface area contributed by atoms with E-state index in [1.165, 1.54) is 0 Å². The molecule has 2 nitrogen and oxygen atoms in total. The minimum atomic E-state index is -0.270. The second-order valence-corrected chi connectivity index (χ2v) is 2.78. The van der Waals surface area contributed by atoms with Crippen molar-refractivity contribution in [1.82, 2.24) is 0 Å². The summed E-state index contributed by atoms with van der Waals surface area (Å²) < 4.78 is 10.5. The first-order chi connectivity index (χ1) is 5.81. The van der Waals surface area contributed by atoms with Crippen LogP contribution in [0.3, 0.4) is 0 Å². The molecule has 0 spiro atoms. The summed E-state index contributed by atoms with van der Waals surface area (Å²) in [4.78, 5) is 0. The van der Waals surface area contributed by atoms with Crippen molar-refractivity contribution in [3.8, 4) is 12.3 Å². The Morgan fingerprint density at radius 3 is 2.83 bits per heavy atom. The second-order valence-electron chi connectivity index (χ2n) is 2.78. The van der Waals surface area contributed by atoms with Gasteiger partial charge in [0.1, 0.15) is 6.10 Å². The molecule has 12 heavy (non-hydrogen) atoms.